The van der Waals surface area contributed by atoms with Gasteiger partial charge in [-0.25, -0.2) is 0 Å². The second-order valence-corrected chi connectivity index (χ2v) is 7.90. The number of aliphatic carboxylic acids is 1. The number of carbonyl (C=O) groups is 2. The van der Waals surface area contributed by atoms with Crippen molar-refractivity contribution in [3.63, 3.8) is 0 Å². The van der Waals surface area contributed by atoms with E-state index < -0.39 is 5.97 Å². The smallest absolute Gasteiger partial charge is 0.303 e. The van der Waals surface area contributed by atoms with E-state index in [9.17, 15) is 14.7 Å². The third kappa shape index (κ3) is 7.00. The number of benzene rings is 1. The van der Waals surface area contributed by atoms with Gasteiger partial charge in [-0.1, -0.05) is 31.4 Å². The van der Waals surface area contributed by atoms with Crippen molar-refractivity contribution in [3.05, 3.63) is 41.3 Å². The minimum Gasteiger partial charge on any atom is -0.508 e. The van der Waals surface area contributed by atoms with E-state index >= 15 is 0 Å². The Labute approximate surface area is 170 Å². The molecule has 1 aliphatic rings. The Morgan fingerprint density at radius 3 is 2.68 bits per heavy atom. The molecule has 6 heteroatoms. The highest BCUT2D eigenvalue weighted by Gasteiger charge is 2.18. The number of allylic oxidation sites excluding steroid dienone is 2. The molecule has 28 heavy (non-hydrogen) atoms. The highest BCUT2D eigenvalue weighted by Crippen LogP contribution is 2.29. The average molecular weight is 404 g/mol. The van der Waals surface area contributed by atoms with Gasteiger partial charge in [0.15, 0.2) is 0 Å². The van der Waals surface area contributed by atoms with Crippen LogP contribution in [0.2, 0.25) is 0 Å². The highest BCUT2D eigenvalue weighted by atomic mass is 32.1. The molecule has 5 nitrogen and oxygen atoms in total. The summed E-state index contributed by atoms with van der Waals surface area (Å²) in [4.78, 5) is 22.3. The molecule has 152 valence electrons. The molecule has 0 radical (unpaired) electrons. The van der Waals surface area contributed by atoms with E-state index in [2.05, 4.69) is 5.32 Å². The number of hydrogen-bond donors (Lipinski definition) is 3. The molecule has 1 fully saturated rings. The Morgan fingerprint density at radius 1 is 1.25 bits per heavy atom. The van der Waals surface area contributed by atoms with Crippen molar-refractivity contribution in [1.29, 1.82) is 0 Å². The number of hydrogen-bond acceptors (Lipinski definition) is 4. The quantitative estimate of drug-likeness (QED) is 0.440. The maximum Gasteiger partial charge on any atom is 0.303 e. The van der Waals surface area contributed by atoms with Gasteiger partial charge >= 0.3 is 5.97 Å². The molecule has 1 saturated carbocycles. The molecule has 1 heterocycles. The van der Waals surface area contributed by atoms with E-state index in [1.807, 2.05) is 30.5 Å². The molecule has 0 unspecified atom stereocenters. The SMILES string of the molecule is C/C=C\CCCC(=O)O.O=C(NC1CCCCC1)c1csc2ccc(O)cc12. The fourth-order valence-electron chi connectivity index (χ4n) is 3.24. The Bertz CT molecular complexity index is 806. The van der Waals surface area contributed by atoms with E-state index in [0.29, 0.717) is 11.6 Å². The van der Waals surface area contributed by atoms with E-state index in [1.165, 1.54) is 19.3 Å². The van der Waals surface area contributed by atoms with Crippen LogP contribution in [0.4, 0.5) is 0 Å². The Balaban J connectivity index is 0.000000266. The lowest BCUT2D eigenvalue weighted by Crippen LogP contribution is -2.36. The summed E-state index contributed by atoms with van der Waals surface area (Å²) in [5.41, 5.74) is 0.682. The van der Waals surface area contributed by atoms with Crippen LogP contribution in [0.5, 0.6) is 5.75 Å². The number of unbranched alkanes of at least 4 members (excludes halogenated alkanes) is 1. The van der Waals surface area contributed by atoms with Crippen LogP contribution in [-0.4, -0.2) is 28.1 Å². The van der Waals surface area contributed by atoms with Crippen molar-refractivity contribution in [2.24, 2.45) is 0 Å². The van der Waals surface area contributed by atoms with Crippen LogP contribution in [0.3, 0.4) is 0 Å². The lowest BCUT2D eigenvalue weighted by molar-refractivity contribution is -0.137. The molecule has 0 bridgehead atoms. The van der Waals surface area contributed by atoms with Gasteiger partial charge < -0.3 is 15.5 Å². The number of rotatable bonds is 6. The van der Waals surface area contributed by atoms with Crippen molar-refractivity contribution >= 4 is 33.3 Å². The van der Waals surface area contributed by atoms with Gasteiger partial charge in [0.2, 0.25) is 0 Å². The van der Waals surface area contributed by atoms with Gasteiger partial charge in [-0.05, 0) is 50.8 Å². The summed E-state index contributed by atoms with van der Waals surface area (Å²) in [5, 5.41) is 23.6. The van der Waals surface area contributed by atoms with E-state index in [1.54, 1.807) is 23.5 Å². The number of carboxylic acid groups (broad SMARTS) is 1. The Kier molecular flexibility index (Phi) is 9.01. The first-order valence-corrected chi connectivity index (χ1v) is 10.7. The molecule has 0 aliphatic heterocycles. The summed E-state index contributed by atoms with van der Waals surface area (Å²) in [7, 11) is 0. The lowest BCUT2D eigenvalue weighted by atomic mass is 9.95. The maximum absolute atomic E-state index is 12.3. The van der Waals surface area contributed by atoms with Crippen molar-refractivity contribution in [2.75, 3.05) is 0 Å². The third-order valence-corrected chi connectivity index (χ3v) is 5.70. The molecule has 0 saturated heterocycles. The van der Waals surface area contributed by atoms with Crippen molar-refractivity contribution in [1.82, 2.24) is 5.32 Å². The molecular weight excluding hydrogens is 374 g/mol. The first kappa shape index (κ1) is 22.0. The number of carbonyl (C=O) groups excluding carboxylic acids is 1. The largest absolute Gasteiger partial charge is 0.508 e. The molecule has 3 rings (SSSR count). The van der Waals surface area contributed by atoms with Crippen molar-refractivity contribution in [2.45, 2.75) is 64.3 Å². The lowest BCUT2D eigenvalue weighted by Gasteiger charge is -2.22. The zero-order chi connectivity index (χ0) is 20.4. The van der Waals surface area contributed by atoms with E-state index in [-0.39, 0.29) is 18.1 Å². The number of nitrogens with one attached hydrogen (secondary N) is 1. The summed E-state index contributed by atoms with van der Waals surface area (Å²) in [6.07, 6.45) is 11.7. The first-order chi connectivity index (χ1) is 13.5. The average Bonchev–Trinajstić information content (AvgIpc) is 3.09. The predicted molar refractivity (Wildman–Crippen MR) is 114 cm³/mol. The van der Waals surface area contributed by atoms with Crippen LogP contribution in [0.25, 0.3) is 10.1 Å². The number of phenolic OH excluding ortho intramolecular Hbond substituents is 1. The van der Waals surface area contributed by atoms with Crippen LogP contribution in [-0.2, 0) is 4.79 Å². The number of thiophene rings is 1. The normalized spacial score (nSPS) is 14.6. The molecule has 1 aromatic heterocycles. The van der Waals surface area contributed by atoms with Gasteiger partial charge in [-0.15, -0.1) is 11.3 Å². The second-order valence-electron chi connectivity index (χ2n) is 6.99. The van der Waals surface area contributed by atoms with Gasteiger partial charge in [0.25, 0.3) is 5.91 Å². The molecule has 1 amide bonds. The van der Waals surface area contributed by atoms with Gasteiger partial charge in [0.05, 0.1) is 5.56 Å². The predicted octanol–water partition coefficient (Wildman–Crippen LogP) is 5.49. The highest BCUT2D eigenvalue weighted by molar-refractivity contribution is 7.17. The number of amides is 1. The fraction of sp³-hybridized carbons (Fsp3) is 0.455. The molecule has 3 N–H and O–H groups in total. The van der Waals surface area contributed by atoms with Crippen LogP contribution in [0.1, 0.15) is 68.6 Å². The minimum atomic E-state index is -0.709. The summed E-state index contributed by atoms with van der Waals surface area (Å²) in [6, 6.07) is 5.49. The van der Waals surface area contributed by atoms with E-state index in [4.69, 9.17) is 5.11 Å². The summed E-state index contributed by atoms with van der Waals surface area (Å²) >= 11 is 1.54. The zero-order valence-electron chi connectivity index (χ0n) is 16.3. The number of carboxylic acids is 1. The standard InChI is InChI=1S/C15H17NO2S.C7H12O2/c17-11-6-7-14-12(8-11)13(9-19-14)15(18)16-10-4-2-1-3-5-10;1-2-3-4-5-6-7(8)9/h6-10,17H,1-5H2,(H,16,18);2-3H,4-6H2,1H3,(H,8,9)/b;3-2-. The first-order valence-electron chi connectivity index (χ1n) is 9.85. The Hall–Kier alpha value is -2.34. The molecular formula is C22H29NO4S. The van der Waals surface area contributed by atoms with Crippen LogP contribution in [0.15, 0.2) is 35.7 Å². The fourth-order valence-corrected chi connectivity index (χ4v) is 4.16. The monoisotopic (exact) mass is 403 g/mol. The van der Waals surface area contributed by atoms with Gasteiger partial charge in [0, 0.05) is 27.9 Å². The van der Waals surface area contributed by atoms with Gasteiger partial charge in [-0.3, -0.25) is 9.59 Å². The molecule has 1 aliphatic carbocycles. The third-order valence-electron chi connectivity index (χ3n) is 4.74. The van der Waals surface area contributed by atoms with Crippen LogP contribution < -0.4 is 5.32 Å². The minimum absolute atomic E-state index is 0.0104. The molecule has 0 spiro atoms. The van der Waals surface area contributed by atoms with Gasteiger partial charge in [0.1, 0.15) is 5.75 Å². The number of aromatic hydroxyl groups is 1. The van der Waals surface area contributed by atoms with E-state index in [0.717, 1.165) is 35.8 Å². The van der Waals surface area contributed by atoms with Crippen LogP contribution >= 0.6 is 11.3 Å². The Morgan fingerprint density at radius 2 is 2.00 bits per heavy atom. The zero-order valence-corrected chi connectivity index (χ0v) is 17.1. The topological polar surface area (TPSA) is 86.6 Å². The molecule has 0 atom stereocenters. The summed E-state index contributed by atoms with van der Waals surface area (Å²) in [6.45, 7) is 1.93. The summed E-state index contributed by atoms with van der Waals surface area (Å²) in [5.74, 6) is -0.513. The van der Waals surface area contributed by atoms with Crippen molar-refractivity contribution < 1.29 is 19.8 Å². The van der Waals surface area contributed by atoms with Gasteiger partial charge in [-0.2, -0.15) is 0 Å². The number of phenols is 1. The maximum atomic E-state index is 12.3. The molecule has 1 aromatic carbocycles. The molecule has 2 aromatic rings. The number of fused-ring (bicyclic) bond motifs is 1. The second kappa shape index (κ2) is 11.5. The van der Waals surface area contributed by atoms with Crippen LogP contribution in [0, 0.1) is 0 Å². The van der Waals surface area contributed by atoms with Crippen molar-refractivity contribution in [3.8, 4) is 5.75 Å². The summed E-state index contributed by atoms with van der Waals surface area (Å²) < 4.78 is 1.03.